The predicted molar refractivity (Wildman–Crippen MR) is 125 cm³/mol. The van der Waals surface area contributed by atoms with E-state index in [1.807, 2.05) is 6.07 Å². The summed E-state index contributed by atoms with van der Waals surface area (Å²) in [5, 5.41) is -0.137. The molecule has 0 fully saturated rings. The Labute approximate surface area is 203 Å². The summed E-state index contributed by atoms with van der Waals surface area (Å²) in [6.07, 6.45) is -5.00. The maximum Gasteiger partial charge on any atom is 0.453 e. The second kappa shape index (κ2) is 10.2. The molecule has 0 unspecified atom stereocenters. The summed E-state index contributed by atoms with van der Waals surface area (Å²) in [6.45, 7) is 2.97. The fourth-order valence-electron chi connectivity index (χ4n) is 3.37. The first kappa shape index (κ1) is 24.8. The fourth-order valence-corrected chi connectivity index (χ4v) is 3.37. The molecular formula is C27H21F3O6. The highest BCUT2D eigenvalue weighted by Crippen LogP contribution is 2.39. The van der Waals surface area contributed by atoms with E-state index in [2.05, 4.69) is 0 Å². The van der Waals surface area contributed by atoms with Gasteiger partial charge in [0, 0.05) is 6.07 Å². The van der Waals surface area contributed by atoms with Gasteiger partial charge in [0.15, 0.2) is 6.61 Å². The number of aryl methyl sites for hydroxylation is 2. The molecule has 6 nitrogen and oxygen atoms in total. The smallest absolute Gasteiger partial charge is 0.453 e. The van der Waals surface area contributed by atoms with Gasteiger partial charge in [0.25, 0.3) is 5.76 Å². The van der Waals surface area contributed by atoms with Gasteiger partial charge in [0.2, 0.25) is 11.2 Å². The molecular weight excluding hydrogens is 477 g/mol. The van der Waals surface area contributed by atoms with Gasteiger partial charge in [-0.3, -0.25) is 4.79 Å². The molecule has 0 aliphatic rings. The molecule has 1 aromatic heterocycles. The molecule has 0 saturated heterocycles. The molecule has 0 saturated carbocycles. The van der Waals surface area contributed by atoms with E-state index in [9.17, 15) is 22.8 Å². The average Bonchev–Trinajstić information content (AvgIpc) is 2.85. The SMILES string of the molecule is Cc1ccc(C)c(Oc2c(C(F)(F)F)oc3cc(OCC(=O)OCc4ccccc4)ccc3c2=O)c1. The molecule has 0 aliphatic carbocycles. The molecule has 1 heterocycles. The highest BCUT2D eigenvalue weighted by atomic mass is 19.4. The van der Waals surface area contributed by atoms with Crippen LogP contribution in [0.4, 0.5) is 13.2 Å². The third kappa shape index (κ3) is 5.68. The summed E-state index contributed by atoms with van der Waals surface area (Å²) in [5.74, 6) is -3.06. The molecule has 0 aliphatic heterocycles. The number of carbonyl (C=O) groups excluding carboxylic acids is 1. The zero-order valence-electron chi connectivity index (χ0n) is 19.3. The number of hydrogen-bond donors (Lipinski definition) is 0. The zero-order chi connectivity index (χ0) is 25.9. The minimum Gasteiger partial charge on any atom is -0.482 e. The summed E-state index contributed by atoms with van der Waals surface area (Å²) < 4.78 is 62.4. The van der Waals surface area contributed by atoms with Crippen LogP contribution in [-0.4, -0.2) is 12.6 Å². The van der Waals surface area contributed by atoms with Crippen LogP contribution in [0.3, 0.4) is 0 Å². The summed E-state index contributed by atoms with van der Waals surface area (Å²) in [4.78, 5) is 25.0. The number of halogens is 3. The quantitative estimate of drug-likeness (QED) is 0.277. The number of esters is 1. The molecule has 0 bridgehead atoms. The molecule has 0 atom stereocenters. The van der Waals surface area contributed by atoms with Crippen molar-refractivity contribution in [3.05, 3.63) is 99.4 Å². The van der Waals surface area contributed by atoms with Crippen molar-refractivity contribution in [2.45, 2.75) is 26.6 Å². The number of fused-ring (bicyclic) bond motifs is 1. The van der Waals surface area contributed by atoms with Crippen molar-refractivity contribution in [2.75, 3.05) is 6.61 Å². The van der Waals surface area contributed by atoms with Crippen molar-refractivity contribution in [1.82, 2.24) is 0 Å². The van der Waals surface area contributed by atoms with Crippen LogP contribution >= 0.6 is 0 Å². The van der Waals surface area contributed by atoms with Gasteiger partial charge in [0.1, 0.15) is 23.7 Å². The molecule has 0 radical (unpaired) electrons. The van der Waals surface area contributed by atoms with E-state index in [1.54, 1.807) is 50.2 Å². The van der Waals surface area contributed by atoms with Gasteiger partial charge in [-0.15, -0.1) is 0 Å². The van der Waals surface area contributed by atoms with Crippen molar-refractivity contribution < 1.29 is 36.6 Å². The Balaban J connectivity index is 1.58. The Morgan fingerprint density at radius 1 is 0.972 bits per heavy atom. The van der Waals surface area contributed by atoms with Crippen molar-refractivity contribution in [1.29, 1.82) is 0 Å². The van der Waals surface area contributed by atoms with Crippen molar-refractivity contribution >= 4 is 16.9 Å². The fraction of sp³-hybridized carbons (Fsp3) is 0.185. The molecule has 3 aromatic carbocycles. The average molecular weight is 498 g/mol. The Kier molecular flexibility index (Phi) is 7.00. The number of ether oxygens (including phenoxy) is 3. The number of alkyl halides is 3. The van der Waals surface area contributed by atoms with E-state index >= 15 is 0 Å². The minimum atomic E-state index is -5.00. The van der Waals surface area contributed by atoms with Gasteiger partial charge < -0.3 is 18.6 Å². The van der Waals surface area contributed by atoms with Gasteiger partial charge in [-0.05, 0) is 48.7 Å². The van der Waals surface area contributed by atoms with Gasteiger partial charge >= 0.3 is 12.1 Å². The normalized spacial score (nSPS) is 11.4. The predicted octanol–water partition coefficient (Wildman–Crippen LogP) is 6.34. The summed E-state index contributed by atoms with van der Waals surface area (Å²) in [5.41, 5.74) is 0.737. The summed E-state index contributed by atoms with van der Waals surface area (Å²) >= 11 is 0. The lowest BCUT2D eigenvalue weighted by molar-refractivity contribution is -0.154. The lowest BCUT2D eigenvalue weighted by Crippen LogP contribution is -2.16. The van der Waals surface area contributed by atoms with Crippen LogP contribution in [0, 0.1) is 13.8 Å². The molecule has 0 N–H and O–H groups in total. The van der Waals surface area contributed by atoms with Crippen molar-refractivity contribution in [2.24, 2.45) is 0 Å². The summed E-state index contributed by atoms with van der Waals surface area (Å²) in [6, 6.07) is 17.7. The highest BCUT2D eigenvalue weighted by Gasteiger charge is 2.40. The first-order valence-corrected chi connectivity index (χ1v) is 10.9. The van der Waals surface area contributed by atoms with Crippen LogP contribution in [-0.2, 0) is 22.3 Å². The number of benzene rings is 3. The van der Waals surface area contributed by atoms with Crippen LogP contribution in [0.2, 0.25) is 0 Å². The second-order valence-electron chi connectivity index (χ2n) is 8.05. The Morgan fingerprint density at radius 3 is 2.44 bits per heavy atom. The Morgan fingerprint density at radius 2 is 1.72 bits per heavy atom. The van der Waals surface area contributed by atoms with Crippen LogP contribution in [0.15, 0.2) is 75.9 Å². The van der Waals surface area contributed by atoms with E-state index in [-0.39, 0.29) is 29.1 Å². The third-order valence-corrected chi connectivity index (χ3v) is 5.23. The van der Waals surface area contributed by atoms with Crippen LogP contribution in [0.25, 0.3) is 11.0 Å². The topological polar surface area (TPSA) is 75.0 Å². The summed E-state index contributed by atoms with van der Waals surface area (Å²) in [7, 11) is 0. The number of hydrogen-bond acceptors (Lipinski definition) is 6. The third-order valence-electron chi connectivity index (χ3n) is 5.23. The van der Waals surface area contributed by atoms with Gasteiger partial charge in [-0.25, -0.2) is 4.79 Å². The molecule has 0 spiro atoms. The van der Waals surface area contributed by atoms with Gasteiger partial charge in [-0.1, -0.05) is 42.5 Å². The second-order valence-corrected chi connectivity index (χ2v) is 8.05. The van der Waals surface area contributed by atoms with E-state index in [1.165, 1.54) is 18.2 Å². The van der Waals surface area contributed by atoms with Gasteiger partial charge in [-0.2, -0.15) is 13.2 Å². The Hall–Kier alpha value is -4.27. The van der Waals surface area contributed by atoms with E-state index in [0.717, 1.165) is 17.2 Å². The first-order valence-electron chi connectivity index (χ1n) is 10.9. The Bertz CT molecular complexity index is 1460. The number of rotatable bonds is 7. The standard InChI is InChI=1S/C27H21F3O6/c1-16-8-9-17(2)21(12-16)35-25-24(32)20-11-10-19(13-22(20)36-26(25)27(28,29)30)33-15-23(31)34-14-18-6-4-3-5-7-18/h3-13H,14-15H2,1-2H3. The van der Waals surface area contributed by atoms with Gasteiger partial charge in [0.05, 0.1) is 5.39 Å². The molecule has 0 amide bonds. The molecule has 4 rings (SSSR count). The maximum absolute atomic E-state index is 13.8. The van der Waals surface area contributed by atoms with E-state index < -0.39 is 35.7 Å². The van der Waals surface area contributed by atoms with E-state index in [4.69, 9.17) is 18.6 Å². The molecule has 36 heavy (non-hydrogen) atoms. The minimum absolute atomic E-state index is 0.0265. The largest absolute Gasteiger partial charge is 0.482 e. The lowest BCUT2D eigenvalue weighted by atomic mass is 10.1. The molecule has 4 aromatic rings. The van der Waals surface area contributed by atoms with Crippen LogP contribution in [0.5, 0.6) is 17.2 Å². The first-order chi connectivity index (χ1) is 17.1. The monoisotopic (exact) mass is 498 g/mol. The van der Waals surface area contributed by atoms with E-state index in [0.29, 0.717) is 5.56 Å². The maximum atomic E-state index is 13.8. The van der Waals surface area contributed by atoms with Crippen LogP contribution in [0.1, 0.15) is 22.5 Å². The highest BCUT2D eigenvalue weighted by molar-refractivity contribution is 5.80. The number of carbonyl (C=O) groups is 1. The van der Waals surface area contributed by atoms with Crippen molar-refractivity contribution in [3.63, 3.8) is 0 Å². The zero-order valence-corrected chi connectivity index (χ0v) is 19.3. The van der Waals surface area contributed by atoms with Crippen LogP contribution < -0.4 is 14.9 Å². The lowest BCUT2D eigenvalue weighted by Gasteiger charge is -2.15. The van der Waals surface area contributed by atoms with Crippen molar-refractivity contribution in [3.8, 4) is 17.2 Å². The molecule has 186 valence electrons. The molecule has 9 heteroatoms.